The van der Waals surface area contributed by atoms with Crippen LogP contribution in [0.1, 0.15) is 41.6 Å². The van der Waals surface area contributed by atoms with Gasteiger partial charge < -0.3 is 19.4 Å². The summed E-state index contributed by atoms with van der Waals surface area (Å²) in [5.74, 6) is 1.08. The van der Waals surface area contributed by atoms with Gasteiger partial charge in [0.2, 0.25) is 0 Å². The summed E-state index contributed by atoms with van der Waals surface area (Å²) >= 11 is 0. The molecule has 0 bridgehead atoms. The average molecular weight is 404 g/mol. The molecule has 8 heteroatoms. The first kappa shape index (κ1) is 18.7. The Hall–Kier alpha value is -3.26. The normalized spacial score (nSPS) is 19.4. The van der Waals surface area contributed by atoms with Gasteiger partial charge in [0.25, 0.3) is 5.91 Å². The van der Waals surface area contributed by atoms with Crippen molar-refractivity contribution in [3.8, 4) is 0 Å². The Bertz CT molecular complexity index is 1230. The van der Waals surface area contributed by atoms with Gasteiger partial charge in [-0.1, -0.05) is 13.8 Å². The van der Waals surface area contributed by atoms with Crippen molar-refractivity contribution in [1.29, 1.82) is 0 Å². The van der Waals surface area contributed by atoms with E-state index in [1.165, 1.54) is 0 Å². The first-order valence-corrected chi connectivity index (χ1v) is 10.2. The Morgan fingerprint density at radius 2 is 2.17 bits per heavy atom. The molecule has 2 atom stereocenters. The van der Waals surface area contributed by atoms with E-state index in [4.69, 9.17) is 0 Å². The number of nitrogens with one attached hydrogen (secondary N) is 1. The maximum atomic E-state index is 13.1. The van der Waals surface area contributed by atoms with Crippen molar-refractivity contribution in [2.75, 3.05) is 13.1 Å². The van der Waals surface area contributed by atoms with Crippen molar-refractivity contribution in [2.24, 2.45) is 5.92 Å². The molecule has 1 aliphatic rings. The largest absolute Gasteiger partial charge is 0.391 e. The predicted octanol–water partition coefficient (Wildman–Crippen LogP) is 2.40. The van der Waals surface area contributed by atoms with Gasteiger partial charge in [-0.05, 0) is 24.6 Å². The number of amides is 1. The number of benzene rings is 1. The Balaban J connectivity index is 1.32. The fraction of sp³-hybridized carbons (Fsp3) is 0.364. The van der Waals surface area contributed by atoms with Crippen LogP contribution in [0.15, 0.2) is 43.0 Å². The fourth-order valence-corrected chi connectivity index (χ4v) is 4.08. The van der Waals surface area contributed by atoms with E-state index >= 15 is 0 Å². The predicted molar refractivity (Wildman–Crippen MR) is 112 cm³/mol. The van der Waals surface area contributed by atoms with Gasteiger partial charge in [-0.25, -0.2) is 9.97 Å². The third-order valence-electron chi connectivity index (χ3n) is 5.79. The van der Waals surface area contributed by atoms with Crippen LogP contribution in [0, 0.1) is 5.92 Å². The highest BCUT2D eigenvalue weighted by atomic mass is 16.3. The first-order chi connectivity index (χ1) is 14.5. The zero-order valence-corrected chi connectivity index (χ0v) is 17.0. The quantitative estimate of drug-likeness (QED) is 0.544. The Kier molecular flexibility index (Phi) is 4.51. The molecule has 0 unspecified atom stereocenters. The summed E-state index contributed by atoms with van der Waals surface area (Å²) in [6.07, 6.45) is 7.29. The zero-order valence-electron chi connectivity index (χ0n) is 17.0. The number of likely N-dealkylation sites (tertiary alicyclic amines) is 1. The molecule has 1 aliphatic heterocycles. The molecule has 30 heavy (non-hydrogen) atoms. The number of fused-ring (bicyclic) bond motifs is 2. The number of β-amino-alcohol motifs (C(OH)–C–C–N with tert-alkyl or cyclic N) is 1. The molecule has 1 fully saturated rings. The van der Waals surface area contributed by atoms with Crippen LogP contribution < -0.4 is 0 Å². The van der Waals surface area contributed by atoms with Crippen LogP contribution in [0.4, 0.5) is 0 Å². The van der Waals surface area contributed by atoms with Crippen molar-refractivity contribution in [3.05, 3.63) is 60.1 Å². The molecule has 4 heterocycles. The first-order valence-electron chi connectivity index (χ1n) is 10.2. The maximum Gasteiger partial charge on any atom is 0.254 e. The van der Waals surface area contributed by atoms with Crippen LogP contribution >= 0.6 is 0 Å². The lowest BCUT2D eigenvalue weighted by atomic mass is 10.0. The van der Waals surface area contributed by atoms with Crippen LogP contribution in [0.25, 0.3) is 16.7 Å². The molecule has 2 N–H and O–H groups in total. The highest BCUT2D eigenvalue weighted by Crippen LogP contribution is 2.24. The smallest absolute Gasteiger partial charge is 0.254 e. The van der Waals surface area contributed by atoms with Gasteiger partial charge in [0.1, 0.15) is 5.82 Å². The topological polar surface area (TPSA) is 99.4 Å². The maximum absolute atomic E-state index is 13.1. The summed E-state index contributed by atoms with van der Waals surface area (Å²) in [5, 5.41) is 10.6. The number of rotatable bonds is 4. The van der Waals surface area contributed by atoms with E-state index in [-0.39, 0.29) is 11.8 Å². The van der Waals surface area contributed by atoms with Crippen molar-refractivity contribution in [2.45, 2.75) is 32.3 Å². The van der Waals surface area contributed by atoms with Crippen LogP contribution in [0.3, 0.4) is 0 Å². The van der Waals surface area contributed by atoms with Crippen LogP contribution in [0.5, 0.6) is 0 Å². The Labute approximate surface area is 173 Å². The lowest BCUT2D eigenvalue weighted by Crippen LogP contribution is -2.29. The molecule has 1 saturated heterocycles. The number of hydrogen-bond acceptors (Lipinski definition) is 5. The molecule has 154 valence electrons. The van der Waals surface area contributed by atoms with Gasteiger partial charge in [-0.2, -0.15) is 0 Å². The summed E-state index contributed by atoms with van der Waals surface area (Å²) in [4.78, 5) is 31.3. The van der Waals surface area contributed by atoms with Crippen LogP contribution in [-0.2, 0) is 6.42 Å². The number of aromatic amines is 1. The number of imidazole rings is 2. The molecule has 0 radical (unpaired) electrons. The second kappa shape index (κ2) is 7.21. The minimum Gasteiger partial charge on any atom is -0.391 e. The molecule has 0 aliphatic carbocycles. The van der Waals surface area contributed by atoms with Crippen molar-refractivity contribution >= 4 is 22.6 Å². The van der Waals surface area contributed by atoms with Crippen molar-refractivity contribution in [1.82, 2.24) is 29.2 Å². The molecule has 0 spiro atoms. The fourth-order valence-electron chi connectivity index (χ4n) is 4.08. The molecule has 5 rings (SSSR count). The lowest BCUT2D eigenvalue weighted by molar-refractivity contribution is 0.0765. The summed E-state index contributed by atoms with van der Waals surface area (Å²) in [6, 6.07) is 5.54. The zero-order chi connectivity index (χ0) is 20.8. The number of aliphatic hydroxyl groups is 1. The van der Waals surface area contributed by atoms with Gasteiger partial charge in [0, 0.05) is 49.1 Å². The minimum atomic E-state index is -0.572. The highest BCUT2D eigenvalue weighted by Gasteiger charge is 2.34. The van der Waals surface area contributed by atoms with Gasteiger partial charge >= 0.3 is 0 Å². The summed E-state index contributed by atoms with van der Waals surface area (Å²) in [7, 11) is 0. The number of aromatic nitrogens is 5. The van der Waals surface area contributed by atoms with E-state index in [0.29, 0.717) is 31.0 Å². The van der Waals surface area contributed by atoms with E-state index in [9.17, 15) is 9.90 Å². The molecule has 3 aromatic heterocycles. The van der Waals surface area contributed by atoms with Crippen molar-refractivity contribution < 1.29 is 9.90 Å². The Morgan fingerprint density at radius 3 is 3.00 bits per heavy atom. The number of nitrogens with zero attached hydrogens (tertiary/aromatic N) is 5. The van der Waals surface area contributed by atoms with Crippen LogP contribution in [0.2, 0.25) is 0 Å². The van der Waals surface area contributed by atoms with Gasteiger partial charge in [-0.15, -0.1) is 0 Å². The summed E-state index contributed by atoms with van der Waals surface area (Å²) in [6.45, 7) is 4.99. The minimum absolute atomic E-state index is 0.0501. The van der Waals surface area contributed by atoms with Gasteiger partial charge in [-0.3, -0.25) is 9.78 Å². The SMILES string of the molecule is CC(C)c1nc2ccc(C(=O)N3C[C@H](Cc4cn5ccnc5cn4)[C@H](O)C3)cc2[nH]1. The molecule has 1 aromatic carbocycles. The summed E-state index contributed by atoms with van der Waals surface area (Å²) < 4.78 is 1.91. The molecular weight excluding hydrogens is 380 g/mol. The third-order valence-corrected chi connectivity index (χ3v) is 5.79. The van der Waals surface area contributed by atoms with Gasteiger partial charge in [0.15, 0.2) is 5.65 Å². The van der Waals surface area contributed by atoms with E-state index in [1.807, 2.05) is 35.0 Å². The number of carbonyl (C=O) groups is 1. The van der Waals surface area contributed by atoms with E-state index in [1.54, 1.807) is 17.3 Å². The number of H-pyrrole nitrogens is 1. The van der Waals surface area contributed by atoms with Gasteiger partial charge in [0.05, 0.1) is 29.0 Å². The number of aliphatic hydroxyl groups excluding tert-OH is 1. The third kappa shape index (κ3) is 3.33. The van der Waals surface area contributed by atoms with E-state index < -0.39 is 6.10 Å². The second-order valence-electron chi connectivity index (χ2n) is 8.32. The summed E-state index contributed by atoms with van der Waals surface area (Å²) in [5.41, 5.74) is 3.98. The monoisotopic (exact) mass is 404 g/mol. The molecule has 1 amide bonds. The average Bonchev–Trinajstić information content (AvgIpc) is 3.45. The number of hydrogen-bond donors (Lipinski definition) is 2. The molecule has 4 aromatic rings. The molecular formula is C22H24N6O2. The second-order valence-corrected chi connectivity index (χ2v) is 8.32. The standard InChI is InChI=1S/C22H24N6O2/c1-13(2)21-25-17-4-3-14(8-18(17)26-21)22(30)28-10-15(19(29)12-28)7-16-11-27-6-5-23-20(27)9-24-16/h3-6,8-9,11,13,15,19,29H,7,10,12H2,1-2H3,(H,25,26)/t15-,19+/m0/s1. The lowest BCUT2D eigenvalue weighted by Gasteiger charge is -2.16. The Morgan fingerprint density at radius 1 is 1.30 bits per heavy atom. The van der Waals surface area contributed by atoms with Crippen LogP contribution in [-0.4, -0.2) is 59.4 Å². The highest BCUT2D eigenvalue weighted by molar-refractivity contribution is 5.97. The van der Waals surface area contributed by atoms with E-state index in [0.717, 1.165) is 28.2 Å². The molecule has 8 nitrogen and oxygen atoms in total. The number of carbonyl (C=O) groups excluding carboxylic acids is 1. The molecule has 0 saturated carbocycles. The van der Waals surface area contributed by atoms with E-state index in [2.05, 4.69) is 33.8 Å². The van der Waals surface area contributed by atoms with Crippen molar-refractivity contribution in [3.63, 3.8) is 0 Å².